The van der Waals surface area contributed by atoms with E-state index in [4.69, 9.17) is 21.7 Å². The fourth-order valence-corrected chi connectivity index (χ4v) is 3.00. The standard InChI is InChI=1S/C22H25BrN2O3S/c1-4-5-11-27-20-10-9-16(12-19(20)23)21(26)25-22(29)24-17-7-6-8-18(13-17)28-14-15(2)3/h6-10,12-13H,2,4-5,11,14H2,1,3H3,(H2,24,25,26,29). The van der Waals surface area contributed by atoms with Crippen molar-refractivity contribution in [2.45, 2.75) is 26.7 Å². The van der Waals surface area contributed by atoms with Gasteiger partial charge in [-0.1, -0.05) is 26.0 Å². The first kappa shape index (κ1) is 22.9. The molecule has 0 saturated heterocycles. The molecule has 7 heteroatoms. The summed E-state index contributed by atoms with van der Waals surface area (Å²) in [5, 5.41) is 5.87. The summed E-state index contributed by atoms with van der Waals surface area (Å²) in [5.74, 6) is 1.09. The van der Waals surface area contributed by atoms with Crippen LogP contribution in [0.15, 0.2) is 59.1 Å². The Morgan fingerprint density at radius 3 is 2.69 bits per heavy atom. The second-order valence-corrected chi connectivity index (χ2v) is 7.79. The fourth-order valence-electron chi connectivity index (χ4n) is 2.29. The van der Waals surface area contributed by atoms with E-state index < -0.39 is 0 Å². The lowest BCUT2D eigenvalue weighted by atomic mass is 10.2. The molecule has 2 aromatic rings. The van der Waals surface area contributed by atoms with Crippen LogP contribution >= 0.6 is 28.1 Å². The number of rotatable bonds is 9. The van der Waals surface area contributed by atoms with Gasteiger partial charge in [-0.2, -0.15) is 0 Å². The number of unbranched alkanes of at least 4 members (excludes halogenated alkanes) is 1. The fraction of sp³-hybridized carbons (Fsp3) is 0.273. The van der Waals surface area contributed by atoms with E-state index in [9.17, 15) is 4.79 Å². The van der Waals surface area contributed by atoms with Crippen molar-refractivity contribution in [3.8, 4) is 11.5 Å². The Balaban J connectivity index is 1.93. The molecule has 0 atom stereocenters. The zero-order chi connectivity index (χ0) is 21.2. The molecule has 0 fully saturated rings. The highest BCUT2D eigenvalue weighted by molar-refractivity contribution is 9.10. The van der Waals surface area contributed by atoms with Crippen LogP contribution in [0.5, 0.6) is 11.5 Å². The van der Waals surface area contributed by atoms with Crippen LogP contribution in [0.2, 0.25) is 0 Å². The van der Waals surface area contributed by atoms with E-state index >= 15 is 0 Å². The van der Waals surface area contributed by atoms with Crippen LogP contribution in [0.1, 0.15) is 37.0 Å². The Labute approximate surface area is 185 Å². The first-order valence-corrected chi connectivity index (χ1v) is 10.5. The normalized spacial score (nSPS) is 10.2. The van der Waals surface area contributed by atoms with Crippen molar-refractivity contribution in [1.29, 1.82) is 0 Å². The molecule has 0 bridgehead atoms. The van der Waals surface area contributed by atoms with Crippen molar-refractivity contribution in [3.63, 3.8) is 0 Å². The predicted octanol–water partition coefficient (Wildman–Crippen LogP) is 5.71. The third-order valence-electron chi connectivity index (χ3n) is 3.75. The third-order valence-corrected chi connectivity index (χ3v) is 4.58. The molecule has 2 aromatic carbocycles. The summed E-state index contributed by atoms with van der Waals surface area (Å²) >= 11 is 8.70. The number of anilines is 1. The largest absolute Gasteiger partial charge is 0.492 e. The molecule has 1 amide bonds. The first-order valence-electron chi connectivity index (χ1n) is 9.31. The number of hydrogen-bond donors (Lipinski definition) is 2. The molecule has 0 aliphatic heterocycles. The van der Waals surface area contributed by atoms with E-state index in [-0.39, 0.29) is 11.0 Å². The van der Waals surface area contributed by atoms with Crippen LogP contribution in [0.4, 0.5) is 5.69 Å². The summed E-state index contributed by atoms with van der Waals surface area (Å²) in [6, 6.07) is 12.5. The third kappa shape index (κ3) is 7.87. The SMILES string of the molecule is C=C(C)COc1cccc(NC(=S)NC(=O)c2ccc(OCCCC)c(Br)c2)c1. The molecule has 0 aliphatic carbocycles. The summed E-state index contributed by atoms with van der Waals surface area (Å²) in [6.45, 7) is 8.90. The van der Waals surface area contributed by atoms with Gasteiger partial charge in [-0.05, 0) is 77.4 Å². The molecule has 5 nitrogen and oxygen atoms in total. The maximum absolute atomic E-state index is 12.5. The van der Waals surface area contributed by atoms with Crippen molar-refractivity contribution in [2.24, 2.45) is 0 Å². The van der Waals surface area contributed by atoms with E-state index in [1.54, 1.807) is 24.3 Å². The topological polar surface area (TPSA) is 59.6 Å². The minimum atomic E-state index is -0.307. The quantitative estimate of drug-likeness (QED) is 0.275. The van der Waals surface area contributed by atoms with E-state index in [1.165, 1.54) is 0 Å². The number of carbonyl (C=O) groups excluding carboxylic acids is 1. The van der Waals surface area contributed by atoms with Crippen molar-refractivity contribution in [3.05, 3.63) is 64.7 Å². The first-order chi connectivity index (χ1) is 13.9. The van der Waals surface area contributed by atoms with Gasteiger partial charge in [0.15, 0.2) is 5.11 Å². The molecule has 0 aromatic heterocycles. The smallest absolute Gasteiger partial charge is 0.257 e. The maximum Gasteiger partial charge on any atom is 0.257 e. The molecule has 2 N–H and O–H groups in total. The molecule has 2 rings (SSSR count). The lowest BCUT2D eigenvalue weighted by Crippen LogP contribution is -2.34. The number of ether oxygens (including phenoxy) is 2. The maximum atomic E-state index is 12.5. The molecule has 0 radical (unpaired) electrons. The minimum Gasteiger partial charge on any atom is -0.492 e. The Kier molecular flexibility index (Phi) is 9.15. The monoisotopic (exact) mass is 476 g/mol. The second-order valence-electron chi connectivity index (χ2n) is 6.53. The van der Waals surface area contributed by atoms with Gasteiger partial charge < -0.3 is 14.8 Å². The highest BCUT2D eigenvalue weighted by atomic mass is 79.9. The summed E-state index contributed by atoms with van der Waals surface area (Å²) < 4.78 is 12.0. The van der Waals surface area contributed by atoms with Crippen LogP contribution < -0.4 is 20.1 Å². The lowest BCUT2D eigenvalue weighted by molar-refractivity contribution is 0.0977. The van der Waals surface area contributed by atoms with Gasteiger partial charge in [0.2, 0.25) is 0 Å². The molecule has 0 heterocycles. The van der Waals surface area contributed by atoms with Gasteiger partial charge in [0.1, 0.15) is 18.1 Å². The van der Waals surface area contributed by atoms with E-state index in [0.29, 0.717) is 30.3 Å². The summed E-state index contributed by atoms with van der Waals surface area (Å²) in [5.41, 5.74) is 2.12. The molecule has 0 unspecified atom stereocenters. The van der Waals surface area contributed by atoms with E-state index in [1.807, 2.05) is 25.1 Å². The van der Waals surface area contributed by atoms with Crippen molar-refractivity contribution in [1.82, 2.24) is 5.32 Å². The number of halogens is 1. The number of amides is 1. The van der Waals surface area contributed by atoms with Gasteiger partial charge in [0.25, 0.3) is 5.91 Å². The number of nitrogens with one attached hydrogen (secondary N) is 2. The number of carbonyl (C=O) groups is 1. The predicted molar refractivity (Wildman–Crippen MR) is 125 cm³/mol. The van der Waals surface area contributed by atoms with Crippen LogP contribution in [-0.4, -0.2) is 24.2 Å². The van der Waals surface area contributed by atoms with E-state index in [2.05, 4.69) is 40.1 Å². The number of benzene rings is 2. The molecule has 0 saturated carbocycles. The highest BCUT2D eigenvalue weighted by Gasteiger charge is 2.11. The Morgan fingerprint density at radius 1 is 1.21 bits per heavy atom. The average Bonchev–Trinajstić information content (AvgIpc) is 2.68. The van der Waals surface area contributed by atoms with Gasteiger partial charge in [-0.15, -0.1) is 0 Å². The van der Waals surface area contributed by atoms with Crippen molar-refractivity contribution >= 4 is 44.9 Å². The molecular formula is C22H25BrN2O3S. The van der Waals surface area contributed by atoms with Gasteiger partial charge >= 0.3 is 0 Å². The molecule has 0 spiro atoms. The van der Waals surface area contributed by atoms with Crippen molar-refractivity contribution in [2.75, 3.05) is 18.5 Å². The summed E-state index contributed by atoms with van der Waals surface area (Å²) in [6.07, 6.45) is 2.04. The van der Waals surface area contributed by atoms with Gasteiger partial charge in [0, 0.05) is 17.3 Å². The Morgan fingerprint density at radius 2 is 2.00 bits per heavy atom. The molecule has 0 aliphatic rings. The Bertz CT molecular complexity index is 886. The van der Waals surface area contributed by atoms with Gasteiger partial charge in [-0.3, -0.25) is 10.1 Å². The molecular weight excluding hydrogens is 452 g/mol. The van der Waals surface area contributed by atoms with Crippen LogP contribution in [0.25, 0.3) is 0 Å². The van der Waals surface area contributed by atoms with E-state index in [0.717, 1.165) is 28.6 Å². The zero-order valence-electron chi connectivity index (χ0n) is 16.6. The van der Waals surface area contributed by atoms with Crippen LogP contribution in [-0.2, 0) is 0 Å². The summed E-state index contributed by atoms with van der Waals surface area (Å²) in [4.78, 5) is 12.5. The average molecular weight is 477 g/mol. The molecule has 29 heavy (non-hydrogen) atoms. The lowest BCUT2D eigenvalue weighted by Gasteiger charge is -2.12. The zero-order valence-corrected chi connectivity index (χ0v) is 19.0. The highest BCUT2D eigenvalue weighted by Crippen LogP contribution is 2.26. The van der Waals surface area contributed by atoms with Crippen LogP contribution in [0.3, 0.4) is 0 Å². The van der Waals surface area contributed by atoms with Gasteiger partial charge in [0.05, 0.1) is 11.1 Å². The van der Waals surface area contributed by atoms with Gasteiger partial charge in [-0.25, -0.2) is 0 Å². The van der Waals surface area contributed by atoms with Crippen LogP contribution in [0, 0.1) is 0 Å². The number of thiocarbonyl (C=S) groups is 1. The second kappa shape index (κ2) is 11.6. The van der Waals surface area contributed by atoms with Crippen molar-refractivity contribution < 1.29 is 14.3 Å². The molecule has 154 valence electrons. The summed E-state index contributed by atoms with van der Waals surface area (Å²) in [7, 11) is 0. The number of hydrogen-bond acceptors (Lipinski definition) is 4. The minimum absolute atomic E-state index is 0.200. The Hall–Kier alpha value is -2.38.